The van der Waals surface area contributed by atoms with Crippen LogP contribution in [0.25, 0.3) is 0 Å². The zero-order chi connectivity index (χ0) is 18.2. The van der Waals surface area contributed by atoms with E-state index >= 15 is 0 Å². The third-order valence-electron chi connectivity index (χ3n) is 5.22. The lowest BCUT2D eigenvalue weighted by Gasteiger charge is -2.43. The lowest BCUT2D eigenvalue weighted by atomic mass is 9.95. The number of nitrogens with one attached hydrogen (secondary N) is 2. The predicted molar refractivity (Wildman–Crippen MR) is 122 cm³/mol. The van der Waals surface area contributed by atoms with Crippen molar-refractivity contribution in [1.29, 1.82) is 0 Å². The number of guanidine groups is 1. The predicted octanol–water partition coefficient (Wildman–Crippen LogP) is 2.36. The van der Waals surface area contributed by atoms with Gasteiger partial charge in [0.25, 0.3) is 0 Å². The van der Waals surface area contributed by atoms with E-state index in [9.17, 15) is 4.39 Å². The maximum atomic E-state index is 13.7. The molecule has 1 atom stereocenters. The molecule has 2 aliphatic rings. The quantitative estimate of drug-likeness (QED) is 0.351. The molecule has 0 spiro atoms. The molecule has 0 amide bonds. The maximum absolute atomic E-state index is 13.7. The largest absolute Gasteiger partial charge is 0.379 e. The van der Waals surface area contributed by atoms with Gasteiger partial charge in [0.1, 0.15) is 5.82 Å². The highest BCUT2D eigenvalue weighted by Gasteiger charge is 2.40. The van der Waals surface area contributed by atoms with Crippen LogP contribution >= 0.6 is 35.7 Å². The summed E-state index contributed by atoms with van der Waals surface area (Å²) in [5.41, 5.74) is 0.907. The highest BCUT2D eigenvalue weighted by atomic mass is 127. The summed E-state index contributed by atoms with van der Waals surface area (Å²) in [6.07, 6.45) is 1.83. The van der Waals surface area contributed by atoms with E-state index < -0.39 is 0 Å². The van der Waals surface area contributed by atoms with Crippen LogP contribution < -0.4 is 10.6 Å². The van der Waals surface area contributed by atoms with Gasteiger partial charge in [-0.3, -0.25) is 9.89 Å². The third kappa shape index (κ3) is 6.20. The van der Waals surface area contributed by atoms with Gasteiger partial charge in [-0.1, -0.05) is 18.2 Å². The van der Waals surface area contributed by atoms with Gasteiger partial charge in [-0.05, 0) is 30.2 Å². The van der Waals surface area contributed by atoms with E-state index in [0.717, 1.165) is 50.1 Å². The molecule has 0 bridgehead atoms. The summed E-state index contributed by atoms with van der Waals surface area (Å²) in [6.45, 7) is 5.17. The fourth-order valence-electron chi connectivity index (χ4n) is 3.62. The normalized spacial score (nSPS) is 23.7. The molecule has 27 heavy (non-hydrogen) atoms. The van der Waals surface area contributed by atoms with Gasteiger partial charge < -0.3 is 15.4 Å². The summed E-state index contributed by atoms with van der Waals surface area (Å²) in [5, 5.41) is 6.81. The molecule has 152 valence electrons. The van der Waals surface area contributed by atoms with Gasteiger partial charge in [-0.25, -0.2) is 4.39 Å². The molecule has 3 rings (SSSR count). The number of hydrogen-bond acceptors (Lipinski definition) is 4. The minimum Gasteiger partial charge on any atom is -0.379 e. The minimum atomic E-state index is -0.147. The van der Waals surface area contributed by atoms with Crippen LogP contribution in [-0.4, -0.2) is 74.3 Å². The molecule has 2 fully saturated rings. The first-order valence-corrected chi connectivity index (χ1v) is 10.5. The summed E-state index contributed by atoms with van der Waals surface area (Å²) >= 11 is 2.03. The number of morpholine rings is 1. The highest BCUT2D eigenvalue weighted by molar-refractivity contribution is 14.0. The Balaban J connectivity index is 0.00000261. The van der Waals surface area contributed by atoms with Crippen LogP contribution in [-0.2, 0) is 11.2 Å². The van der Waals surface area contributed by atoms with Crippen LogP contribution in [0.2, 0.25) is 0 Å². The Morgan fingerprint density at radius 3 is 2.74 bits per heavy atom. The zero-order valence-electron chi connectivity index (χ0n) is 15.9. The number of ether oxygens (including phenoxy) is 1. The zero-order valence-corrected chi connectivity index (χ0v) is 19.0. The van der Waals surface area contributed by atoms with Crippen molar-refractivity contribution in [3.63, 3.8) is 0 Å². The van der Waals surface area contributed by atoms with Gasteiger partial charge in [0.2, 0.25) is 0 Å². The minimum absolute atomic E-state index is 0. The van der Waals surface area contributed by atoms with Crippen molar-refractivity contribution in [3.05, 3.63) is 35.6 Å². The summed E-state index contributed by atoms with van der Waals surface area (Å²) in [6, 6.07) is 6.93. The second kappa shape index (κ2) is 11.4. The Kier molecular flexibility index (Phi) is 9.61. The molecule has 0 saturated carbocycles. The van der Waals surface area contributed by atoms with Gasteiger partial charge in [0.15, 0.2) is 5.96 Å². The van der Waals surface area contributed by atoms with E-state index in [2.05, 4.69) is 20.5 Å². The van der Waals surface area contributed by atoms with Crippen LogP contribution in [0.5, 0.6) is 0 Å². The lowest BCUT2D eigenvalue weighted by molar-refractivity contribution is -0.0120. The topological polar surface area (TPSA) is 48.9 Å². The van der Waals surface area contributed by atoms with Crippen LogP contribution in [0.3, 0.4) is 0 Å². The van der Waals surface area contributed by atoms with Gasteiger partial charge in [0.05, 0.1) is 13.2 Å². The molecule has 0 radical (unpaired) electrons. The molecule has 2 aliphatic heterocycles. The fraction of sp³-hybridized carbons (Fsp3) is 0.632. The summed E-state index contributed by atoms with van der Waals surface area (Å²) in [7, 11) is 1.78. The molecule has 1 aromatic rings. The number of hydrogen-bond donors (Lipinski definition) is 2. The van der Waals surface area contributed by atoms with Crippen LogP contribution in [0.4, 0.5) is 4.39 Å². The molecule has 0 aliphatic carbocycles. The Bertz CT molecular complexity index is 607. The standard InChI is InChI=1S/C19H29FN4OS.HI/c1-21-18(22-8-6-16-4-2-3-5-17(16)20)23-14-19(7-13-26-15-19)24-9-11-25-12-10-24;/h2-5H,6-15H2,1H3,(H2,21,22,23);1H. The van der Waals surface area contributed by atoms with E-state index in [0.29, 0.717) is 13.0 Å². The van der Waals surface area contributed by atoms with Crippen molar-refractivity contribution in [2.75, 3.05) is 57.9 Å². The molecule has 2 saturated heterocycles. The van der Waals surface area contributed by atoms with E-state index in [-0.39, 0.29) is 35.3 Å². The van der Waals surface area contributed by atoms with Crippen LogP contribution in [0.15, 0.2) is 29.3 Å². The van der Waals surface area contributed by atoms with Crippen molar-refractivity contribution >= 4 is 41.7 Å². The van der Waals surface area contributed by atoms with E-state index in [1.165, 1.54) is 18.2 Å². The van der Waals surface area contributed by atoms with Gasteiger partial charge >= 0.3 is 0 Å². The lowest BCUT2D eigenvalue weighted by Crippen LogP contribution is -2.60. The van der Waals surface area contributed by atoms with Crippen LogP contribution in [0.1, 0.15) is 12.0 Å². The fourth-order valence-corrected chi connectivity index (χ4v) is 5.10. The Morgan fingerprint density at radius 2 is 2.07 bits per heavy atom. The van der Waals surface area contributed by atoms with Gasteiger partial charge in [0, 0.05) is 44.5 Å². The average Bonchev–Trinajstić information content (AvgIpc) is 3.17. The molecule has 8 heteroatoms. The Hall–Kier alpha value is -0.580. The first-order chi connectivity index (χ1) is 12.7. The molecule has 0 aromatic heterocycles. The Morgan fingerprint density at radius 1 is 1.30 bits per heavy atom. The van der Waals surface area contributed by atoms with Crippen molar-refractivity contribution in [2.24, 2.45) is 4.99 Å². The van der Waals surface area contributed by atoms with E-state index in [1.807, 2.05) is 23.9 Å². The average molecular weight is 508 g/mol. The number of rotatable bonds is 6. The van der Waals surface area contributed by atoms with Crippen molar-refractivity contribution in [2.45, 2.75) is 18.4 Å². The summed E-state index contributed by atoms with van der Waals surface area (Å²) < 4.78 is 19.2. The molecule has 2 heterocycles. The number of aliphatic imine (C=N–C) groups is 1. The monoisotopic (exact) mass is 508 g/mol. The van der Waals surface area contributed by atoms with Gasteiger partial charge in [-0.2, -0.15) is 11.8 Å². The molecular formula is C19H30FIN4OS. The van der Waals surface area contributed by atoms with Crippen molar-refractivity contribution < 1.29 is 9.13 Å². The third-order valence-corrected chi connectivity index (χ3v) is 6.45. The maximum Gasteiger partial charge on any atom is 0.191 e. The Labute approximate surface area is 182 Å². The highest BCUT2D eigenvalue weighted by Crippen LogP contribution is 2.33. The second-order valence-corrected chi connectivity index (χ2v) is 7.93. The molecule has 2 N–H and O–H groups in total. The SMILES string of the molecule is CN=C(NCCc1ccccc1F)NCC1(N2CCOCC2)CCSC1.I. The smallest absolute Gasteiger partial charge is 0.191 e. The summed E-state index contributed by atoms with van der Waals surface area (Å²) in [4.78, 5) is 6.91. The first kappa shape index (κ1) is 22.7. The number of thioether (sulfide) groups is 1. The van der Waals surface area contributed by atoms with Crippen molar-refractivity contribution in [1.82, 2.24) is 15.5 Å². The molecule has 1 aromatic carbocycles. The molecule has 5 nitrogen and oxygen atoms in total. The number of halogens is 2. The van der Waals surface area contributed by atoms with Gasteiger partial charge in [-0.15, -0.1) is 24.0 Å². The van der Waals surface area contributed by atoms with E-state index in [4.69, 9.17) is 4.74 Å². The number of benzene rings is 1. The van der Waals surface area contributed by atoms with E-state index in [1.54, 1.807) is 13.1 Å². The first-order valence-electron chi connectivity index (χ1n) is 9.32. The molecular weight excluding hydrogens is 478 g/mol. The van der Waals surface area contributed by atoms with Crippen molar-refractivity contribution in [3.8, 4) is 0 Å². The second-order valence-electron chi connectivity index (χ2n) is 6.82. The van der Waals surface area contributed by atoms with Crippen LogP contribution in [0, 0.1) is 5.82 Å². The number of nitrogens with zero attached hydrogens (tertiary/aromatic N) is 2. The molecule has 1 unspecified atom stereocenters. The summed E-state index contributed by atoms with van der Waals surface area (Å²) in [5.74, 6) is 2.99.